The highest BCUT2D eigenvalue weighted by Crippen LogP contribution is 2.46. The van der Waals surface area contributed by atoms with Gasteiger partial charge in [-0.1, -0.05) is 13.8 Å². The van der Waals surface area contributed by atoms with Crippen molar-refractivity contribution in [3.63, 3.8) is 0 Å². The van der Waals surface area contributed by atoms with E-state index < -0.39 is 42.4 Å². The minimum Gasteiger partial charge on any atom is -0.481 e. The second-order valence-corrected chi connectivity index (χ2v) is 7.33. The second-order valence-electron chi connectivity index (χ2n) is 7.33. The molecule has 3 unspecified atom stereocenters. The second kappa shape index (κ2) is 7.44. The van der Waals surface area contributed by atoms with Crippen molar-refractivity contribution in [3.8, 4) is 0 Å². The van der Waals surface area contributed by atoms with Crippen LogP contribution in [0.15, 0.2) is 0 Å². The smallest absolute Gasteiger partial charge is 0.406 e. The molecule has 2 heterocycles. The number of carboxylic acid groups (broad SMARTS) is 1. The molecule has 2 aliphatic heterocycles. The molecule has 2 amide bonds. The average Bonchev–Trinajstić information content (AvgIpc) is 3.06. The lowest BCUT2D eigenvalue weighted by molar-refractivity contribution is -0.227. The van der Waals surface area contributed by atoms with E-state index in [1.165, 1.54) is 0 Å². The number of alkyl halides is 3. The normalized spacial score (nSPS) is 28.1. The van der Waals surface area contributed by atoms with E-state index in [2.05, 4.69) is 0 Å². The van der Waals surface area contributed by atoms with Crippen LogP contribution in [0.2, 0.25) is 0 Å². The molecular formula is C17H25F3N2O4. The van der Waals surface area contributed by atoms with Gasteiger partial charge in [-0.15, -0.1) is 0 Å². The summed E-state index contributed by atoms with van der Waals surface area (Å²) in [5.41, 5.74) is -2.90. The van der Waals surface area contributed by atoms with Crippen molar-refractivity contribution in [2.45, 2.75) is 45.7 Å². The van der Waals surface area contributed by atoms with Crippen LogP contribution in [0.5, 0.6) is 0 Å². The van der Waals surface area contributed by atoms with E-state index in [4.69, 9.17) is 5.11 Å². The first kappa shape index (κ1) is 20.5. The number of hydrogen-bond donors (Lipinski definition) is 1. The third-order valence-electron chi connectivity index (χ3n) is 5.65. The predicted octanol–water partition coefficient (Wildman–Crippen LogP) is 2.14. The fraction of sp³-hybridized carbons (Fsp3) is 0.824. The van der Waals surface area contributed by atoms with E-state index in [-0.39, 0.29) is 24.9 Å². The molecular weight excluding hydrogens is 353 g/mol. The minimum atomic E-state index is -4.92. The number of nitrogens with zero attached hydrogens (tertiary/aromatic N) is 2. The number of likely N-dealkylation sites (tertiary alicyclic amines) is 2. The molecule has 1 N–H and O–H groups in total. The summed E-state index contributed by atoms with van der Waals surface area (Å²) in [6.45, 7) is 3.32. The van der Waals surface area contributed by atoms with Crippen LogP contribution in [0.3, 0.4) is 0 Å². The summed E-state index contributed by atoms with van der Waals surface area (Å²) in [6.07, 6.45) is -3.78. The first-order valence-corrected chi connectivity index (χ1v) is 8.91. The lowest BCUT2D eigenvalue weighted by Crippen LogP contribution is -2.50. The summed E-state index contributed by atoms with van der Waals surface area (Å²) < 4.78 is 39.8. The van der Waals surface area contributed by atoms with Crippen LogP contribution in [0, 0.1) is 17.3 Å². The summed E-state index contributed by atoms with van der Waals surface area (Å²) in [6, 6.07) is 0. The van der Waals surface area contributed by atoms with Crippen LogP contribution in [0.25, 0.3) is 0 Å². The van der Waals surface area contributed by atoms with Gasteiger partial charge in [0.1, 0.15) is 0 Å². The fourth-order valence-electron chi connectivity index (χ4n) is 3.65. The Morgan fingerprint density at radius 2 is 1.88 bits per heavy atom. The van der Waals surface area contributed by atoms with E-state index in [1.807, 2.05) is 6.92 Å². The number of halogens is 3. The summed E-state index contributed by atoms with van der Waals surface area (Å²) in [4.78, 5) is 38.8. The average molecular weight is 378 g/mol. The first-order valence-electron chi connectivity index (χ1n) is 8.91. The van der Waals surface area contributed by atoms with Crippen molar-refractivity contribution in [2.75, 3.05) is 26.2 Å². The van der Waals surface area contributed by atoms with Crippen LogP contribution in [0.4, 0.5) is 13.2 Å². The van der Waals surface area contributed by atoms with Crippen LogP contribution >= 0.6 is 0 Å². The van der Waals surface area contributed by atoms with Gasteiger partial charge in [0.25, 0.3) is 0 Å². The molecule has 2 saturated heterocycles. The van der Waals surface area contributed by atoms with E-state index in [0.29, 0.717) is 25.8 Å². The third-order valence-corrected chi connectivity index (χ3v) is 5.65. The highest BCUT2D eigenvalue weighted by Gasteiger charge is 2.64. The molecule has 148 valence electrons. The Morgan fingerprint density at radius 3 is 2.38 bits per heavy atom. The number of carboxylic acids is 1. The largest absolute Gasteiger partial charge is 0.481 e. The van der Waals surface area contributed by atoms with Crippen LogP contribution in [0.1, 0.15) is 39.5 Å². The van der Waals surface area contributed by atoms with Gasteiger partial charge in [0.2, 0.25) is 11.8 Å². The van der Waals surface area contributed by atoms with Gasteiger partial charge in [0, 0.05) is 32.1 Å². The molecule has 2 fully saturated rings. The summed E-state index contributed by atoms with van der Waals surface area (Å²) in [7, 11) is 0. The maximum absolute atomic E-state index is 13.3. The van der Waals surface area contributed by atoms with Crippen LogP contribution in [-0.2, 0) is 14.4 Å². The molecule has 0 aliphatic carbocycles. The molecule has 2 rings (SSSR count). The number of carbonyl (C=O) groups excluding carboxylic acids is 2. The molecule has 9 heteroatoms. The van der Waals surface area contributed by atoms with Crippen molar-refractivity contribution in [1.29, 1.82) is 0 Å². The Balaban J connectivity index is 2.08. The SMILES string of the molecule is CCC(C)C(=O)N1CCCC(C(=O)N2CCC(C(=O)O)(C(F)(F)F)C2)C1. The molecule has 0 aromatic rings. The molecule has 2 aliphatic rings. The van der Waals surface area contributed by atoms with E-state index in [9.17, 15) is 27.6 Å². The zero-order valence-corrected chi connectivity index (χ0v) is 15.0. The first-order chi connectivity index (χ1) is 12.0. The van der Waals surface area contributed by atoms with Gasteiger partial charge in [0.05, 0.1) is 5.92 Å². The number of aliphatic carboxylic acids is 1. The zero-order valence-electron chi connectivity index (χ0n) is 15.0. The Morgan fingerprint density at radius 1 is 1.23 bits per heavy atom. The molecule has 0 spiro atoms. The molecule has 0 aromatic heterocycles. The van der Waals surface area contributed by atoms with Gasteiger partial charge < -0.3 is 14.9 Å². The minimum absolute atomic E-state index is 0.0541. The van der Waals surface area contributed by atoms with Crippen molar-refractivity contribution in [2.24, 2.45) is 17.3 Å². The van der Waals surface area contributed by atoms with E-state index in [1.54, 1.807) is 11.8 Å². The maximum atomic E-state index is 13.3. The summed E-state index contributed by atoms with van der Waals surface area (Å²) >= 11 is 0. The van der Waals surface area contributed by atoms with Gasteiger partial charge >= 0.3 is 12.1 Å². The molecule has 0 aromatic carbocycles. The molecule has 0 saturated carbocycles. The number of hydrogen-bond acceptors (Lipinski definition) is 3. The fourth-order valence-corrected chi connectivity index (χ4v) is 3.65. The number of rotatable bonds is 4. The molecule has 0 bridgehead atoms. The topological polar surface area (TPSA) is 77.9 Å². The van der Waals surface area contributed by atoms with Gasteiger partial charge in [0.15, 0.2) is 5.41 Å². The lowest BCUT2D eigenvalue weighted by Gasteiger charge is -2.35. The molecule has 6 nitrogen and oxygen atoms in total. The van der Waals surface area contributed by atoms with Crippen LogP contribution in [-0.4, -0.2) is 65.0 Å². The van der Waals surface area contributed by atoms with Crippen molar-refractivity contribution in [1.82, 2.24) is 9.80 Å². The van der Waals surface area contributed by atoms with Crippen molar-refractivity contribution in [3.05, 3.63) is 0 Å². The van der Waals surface area contributed by atoms with Crippen molar-refractivity contribution >= 4 is 17.8 Å². The van der Waals surface area contributed by atoms with Crippen molar-refractivity contribution < 1.29 is 32.7 Å². The lowest BCUT2D eigenvalue weighted by atomic mass is 9.86. The molecule has 26 heavy (non-hydrogen) atoms. The van der Waals surface area contributed by atoms with Gasteiger partial charge in [-0.25, -0.2) is 0 Å². The summed E-state index contributed by atoms with van der Waals surface area (Å²) in [5, 5.41) is 9.10. The molecule has 0 radical (unpaired) electrons. The number of amides is 2. The highest BCUT2D eigenvalue weighted by atomic mass is 19.4. The zero-order chi connectivity index (χ0) is 19.7. The predicted molar refractivity (Wildman–Crippen MR) is 86.1 cm³/mol. The Hall–Kier alpha value is -1.80. The highest BCUT2D eigenvalue weighted by molar-refractivity contribution is 5.84. The maximum Gasteiger partial charge on any atom is 0.406 e. The quantitative estimate of drug-likeness (QED) is 0.813. The van der Waals surface area contributed by atoms with Crippen LogP contribution < -0.4 is 0 Å². The van der Waals surface area contributed by atoms with E-state index in [0.717, 1.165) is 4.90 Å². The Kier molecular flexibility index (Phi) is 5.87. The molecule has 3 atom stereocenters. The van der Waals surface area contributed by atoms with Gasteiger partial charge in [-0.05, 0) is 25.7 Å². The third kappa shape index (κ3) is 3.66. The van der Waals surface area contributed by atoms with Gasteiger partial charge in [-0.3, -0.25) is 14.4 Å². The Bertz CT molecular complexity index is 581. The standard InChI is InChI=1S/C17H25F3N2O4/c1-3-11(2)13(23)21-7-4-5-12(9-21)14(24)22-8-6-16(10-22,15(25)26)17(18,19)20/h11-12H,3-10H2,1-2H3,(H,25,26). The summed E-state index contributed by atoms with van der Waals surface area (Å²) in [5.74, 6) is -3.23. The van der Waals surface area contributed by atoms with Gasteiger partial charge in [-0.2, -0.15) is 13.2 Å². The Labute approximate surface area is 150 Å². The van der Waals surface area contributed by atoms with E-state index >= 15 is 0 Å². The number of piperidine rings is 1. The number of carbonyl (C=O) groups is 3. The monoisotopic (exact) mass is 378 g/mol.